The van der Waals surface area contributed by atoms with Gasteiger partial charge in [0.05, 0.1) is 42.2 Å². The van der Waals surface area contributed by atoms with Gasteiger partial charge in [0.15, 0.2) is 0 Å². The summed E-state index contributed by atoms with van der Waals surface area (Å²) >= 11 is 6.26. The number of ether oxygens (including phenoxy) is 2. The first-order chi connectivity index (χ1) is 16.3. The molecule has 0 radical (unpaired) electrons. The Bertz CT molecular complexity index is 1320. The van der Waals surface area contributed by atoms with Crippen LogP contribution in [0.15, 0.2) is 47.3 Å². The summed E-state index contributed by atoms with van der Waals surface area (Å²) in [6.07, 6.45) is -0.00259. The van der Waals surface area contributed by atoms with Gasteiger partial charge in [0.25, 0.3) is 5.56 Å². The summed E-state index contributed by atoms with van der Waals surface area (Å²) in [4.78, 5) is 40.5. The summed E-state index contributed by atoms with van der Waals surface area (Å²) in [5.74, 6) is -0.480. The molecule has 1 atom stereocenters. The van der Waals surface area contributed by atoms with Crippen molar-refractivity contribution in [2.45, 2.75) is 13.3 Å². The Kier molecular flexibility index (Phi) is 6.39. The van der Waals surface area contributed by atoms with Gasteiger partial charge < -0.3 is 19.7 Å². The number of para-hydroxylation sites is 1. The molecule has 1 fully saturated rings. The van der Waals surface area contributed by atoms with Crippen LogP contribution in [0.3, 0.4) is 0 Å². The van der Waals surface area contributed by atoms with Crippen molar-refractivity contribution in [2.24, 2.45) is 13.0 Å². The van der Waals surface area contributed by atoms with E-state index >= 15 is 0 Å². The van der Waals surface area contributed by atoms with E-state index in [-0.39, 0.29) is 30.1 Å². The van der Waals surface area contributed by atoms with Gasteiger partial charge in [-0.25, -0.2) is 4.68 Å². The highest BCUT2D eigenvalue weighted by Gasteiger charge is 2.37. The molecule has 2 heterocycles. The summed E-state index contributed by atoms with van der Waals surface area (Å²) in [5, 5.41) is 3.07. The maximum absolute atomic E-state index is 13.1. The number of aromatic nitrogens is 2. The van der Waals surface area contributed by atoms with Crippen molar-refractivity contribution in [2.75, 3.05) is 31.0 Å². The third-order valence-corrected chi connectivity index (χ3v) is 6.34. The van der Waals surface area contributed by atoms with Crippen molar-refractivity contribution in [3.05, 3.63) is 63.5 Å². The van der Waals surface area contributed by atoms with E-state index in [4.69, 9.17) is 21.1 Å². The van der Waals surface area contributed by atoms with Crippen LogP contribution in [-0.2, 0) is 16.6 Å². The largest absolute Gasteiger partial charge is 0.495 e. The lowest BCUT2D eigenvalue weighted by Crippen LogP contribution is -2.30. The lowest BCUT2D eigenvalue weighted by Gasteiger charge is -2.21. The number of nitrogens with zero attached hydrogens (tertiary/aromatic N) is 3. The molecule has 2 aromatic carbocycles. The van der Waals surface area contributed by atoms with E-state index in [1.54, 1.807) is 30.8 Å². The second kappa shape index (κ2) is 9.26. The number of nitrogens with one attached hydrogen (secondary N) is 1. The molecule has 34 heavy (non-hydrogen) atoms. The molecule has 1 aliphatic heterocycles. The summed E-state index contributed by atoms with van der Waals surface area (Å²) in [6, 6.07) is 12.3. The van der Waals surface area contributed by atoms with Crippen LogP contribution in [0.1, 0.15) is 12.1 Å². The third kappa shape index (κ3) is 4.03. The van der Waals surface area contributed by atoms with Gasteiger partial charge in [0, 0.05) is 26.1 Å². The smallest absolute Gasteiger partial charge is 0.295 e. The lowest BCUT2D eigenvalue weighted by atomic mass is 10.1. The van der Waals surface area contributed by atoms with Gasteiger partial charge in [0.1, 0.15) is 17.2 Å². The van der Waals surface area contributed by atoms with E-state index < -0.39 is 11.8 Å². The van der Waals surface area contributed by atoms with E-state index in [9.17, 15) is 14.4 Å². The summed E-state index contributed by atoms with van der Waals surface area (Å²) < 4.78 is 13.8. The fourth-order valence-corrected chi connectivity index (χ4v) is 4.34. The highest BCUT2D eigenvalue weighted by Crippen LogP contribution is 2.40. The maximum Gasteiger partial charge on any atom is 0.295 e. The molecule has 0 bridgehead atoms. The number of benzene rings is 2. The van der Waals surface area contributed by atoms with Crippen molar-refractivity contribution >= 4 is 34.8 Å². The molecule has 0 aliphatic carbocycles. The van der Waals surface area contributed by atoms with Crippen LogP contribution in [0.25, 0.3) is 5.69 Å². The molecule has 0 saturated carbocycles. The van der Waals surface area contributed by atoms with Gasteiger partial charge in [0.2, 0.25) is 11.8 Å². The van der Waals surface area contributed by atoms with E-state index in [0.717, 1.165) is 0 Å². The van der Waals surface area contributed by atoms with Gasteiger partial charge in [-0.05, 0) is 25.1 Å². The minimum Gasteiger partial charge on any atom is -0.495 e. The van der Waals surface area contributed by atoms with Crippen LogP contribution in [0.4, 0.5) is 11.4 Å². The second-order valence-corrected chi connectivity index (χ2v) is 8.40. The predicted molar refractivity (Wildman–Crippen MR) is 129 cm³/mol. The molecule has 1 aliphatic rings. The first kappa shape index (κ1) is 23.4. The number of carbonyl (C=O) groups is 2. The summed E-state index contributed by atoms with van der Waals surface area (Å²) in [5.41, 5.74) is 1.59. The highest BCUT2D eigenvalue weighted by molar-refractivity contribution is 6.32. The highest BCUT2D eigenvalue weighted by atomic mass is 35.5. The van der Waals surface area contributed by atoms with Gasteiger partial charge >= 0.3 is 0 Å². The van der Waals surface area contributed by atoms with Crippen molar-refractivity contribution < 1.29 is 19.1 Å². The number of amides is 2. The molecule has 10 heteroatoms. The Labute approximate surface area is 201 Å². The topological polar surface area (TPSA) is 94.8 Å². The van der Waals surface area contributed by atoms with Crippen molar-refractivity contribution in [3.63, 3.8) is 0 Å². The Hall–Kier alpha value is -3.72. The van der Waals surface area contributed by atoms with Gasteiger partial charge in [-0.1, -0.05) is 29.8 Å². The quantitative estimate of drug-likeness (QED) is 0.580. The number of methoxy groups -OCH3 is 2. The Morgan fingerprint density at radius 3 is 2.41 bits per heavy atom. The molecular weight excluding hydrogens is 460 g/mol. The predicted octanol–water partition coefficient (Wildman–Crippen LogP) is 3.15. The molecule has 0 spiro atoms. The molecule has 3 aromatic rings. The van der Waals surface area contributed by atoms with Crippen LogP contribution < -0.4 is 25.2 Å². The van der Waals surface area contributed by atoms with Crippen LogP contribution in [0.5, 0.6) is 11.5 Å². The maximum atomic E-state index is 13.1. The normalized spacial score (nSPS) is 15.5. The Balaban J connectivity index is 1.58. The number of anilines is 2. The van der Waals surface area contributed by atoms with Crippen molar-refractivity contribution in [1.29, 1.82) is 0 Å². The van der Waals surface area contributed by atoms with Crippen LogP contribution in [-0.4, -0.2) is 41.9 Å². The fraction of sp³-hybridized carbons (Fsp3) is 0.292. The molecule has 2 amide bonds. The molecule has 1 unspecified atom stereocenters. The Morgan fingerprint density at radius 2 is 1.76 bits per heavy atom. The van der Waals surface area contributed by atoms with Crippen molar-refractivity contribution in [3.8, 4) is 17.2 Å². The van der Waals surface area contributed by atoms with Crippen LogP contribution in [0, 0.1) is 12.8 Å². The van der Waals surface area contributed by atoms with Crippen LogP contribution in [0.2, 0.25) is 5.02 Å². The number of hydrogen-bond donors (Lipinski definition) is 1. The number of hydrogen-bond acceptors (Lipinski definition) is 5. The zero-order valence-corrected chi connectivity index (χ0v) is 20.0. The number of rotatable bonds is 6. The minimum atomic E-state index is -0.651. The lowest BCUT2D eigenvalue weighted by molar-refractivity contribution is -0.122. The average Bonchev–Trinajstić information content (AvgIpc) is 3.32. The minimum absolute atomic E-state index is 0.00259. The van der Waals surface area contributed by atoms with E-state index in [2.05, 4.69) is 5.32 Å². The zero-order valence-electron chi connectivity index (χ0n) is 19.3. The zero-order chi connectivity index (χ0) is 24.6. The SMILES string of the molecule is COc1cc(OC)c(N2CC(C(=O)Nc3c(C)n(C)n(-c4ccccc4)c3=O)CC2=O)cc1Cl. The number of carbonyl (C=O) groups excluding carboxylic acids is 2. The van der Waals surface area contributed by atoms with E-state index in [1.807, 2.05) is 30.3 Å². The van der Waals surface area contributed by atoms with E-state index in [0.29, 0.717) is 33.6 Å². The first-order valence-corrected chi connectivity index (χ1v) is 11.0. The Morgan fingerprint density at radius 1 is 1.09 bits per heavy atom. The average molecular weight is 485 g/mol. The summed E-state index contributed by atoms with van der Waals surface area (Å²) in [6.45, 7) is 1.88. The molecule has 1 N–H and O–H groups in total. The van der Waals surface area contributed by atoms with Crippen LogP contribution >= 0.6 is 11.6 Å². The van der Waals surface area contributed by atoms with Crippen molar-refractivity contribution in [1.82, 2.24) is 9.36 Å². The first-order valence-electron chi connectivity index (χ1n) is 10.6. The van der Waals surface area contributed by atoms with Gasteiger partial charge in [-0.2, -0.15) is 0 Å². The second-order valence-electron chi connectivity index (χ2n) is 7.99. The molecule has 178 valence electrons. The standard InChI is InChI=1S/C24H25ClN4O5/c1-14-22(24(32)29(27(14)2)16-8-6-5-7-9-16)26-23(31)15-10-21(30)28(13-15)18-11-17(25)19(33-3)12-20(18)34-4/h5-9,11-12,15H,10,13H2,1-4H3,(H,26,31). The summed E-state index contributed by atoms with van der Waals surface area (Å²) in [7, 11) is 4.71. The third-order valence-electron chi connectivity index (χ3n) is 6.04. The molecule has 1 aromatic heterocycles. The molecule has 4 rings (SSSR count). The molecular formula is C24H25ClN4O5. The monoisotopic (exact) mass is 484 g/mol. The molecule has 1 saturated heterocycles. The fourth-order valence-electron chi connectivity index (χ4n) is 4.11. The van der Waals surface area contributed by atoms with E-state index in [1.165, 1.54) is 23.8 Å². The number of halogens is 1. The van der Waals surface area contributed by atoms with Gasteiger partial charge in [-0.3, -0.25) is 19.1 Å². The van der Waals surface area contributed by atoms with Gasteiger partial charge in [-0.15, -0.1) is 0 Å². The molecule has 9 nitrogen and oxygen atoms in total.